The first-order chi connectivity index (χ1) is 10.5. The molecule has 2 amide bonds. The number of aromatic nitrogens is 2. The average Bonchev–Trinajstić information content (AvgIpc) is 2.85. The lowest BCUT2D eigenvalue weighted by molar-refractivity contribution is -0.121. The monoisotopic (exact) mass is 343 g/mol. The Morgan fingerprint density at radius 3 is 2.78 bits per heavy atom. The standard InChI is InChI=1S/C15H25N5O2.ClH/c1-11-13(10-18-19(11)2)15(22)20-8-4-3-5-12(20)9-17-14(21)6-7-16;/h10,12H,3-9,16H2,1-2H3,(H,17,21);1H. The Morgan fingerprint density at radius 1 is 1.43 bits per heavy atom. The minimum Gasteiger partial charge on any atom is -0.354 e. The van der Waals surface area contributed by atoms with Crippen molar-refractivity contribution in [3.63, 3.8) is 0 Å². The summed E-state index contributed by atoms with van der Waals surface area (Å²) in [6.07, 6.45) is 4.93. The van der Waals surface area contributed by atoms with Crippen LogP contribution < -0.4 is 11.1 Å². The van der Waals surface area contributed by atoms with Gasteiger partial charge in [-0.1, -0.05) is 0 Å². The lowest BCUT2D eigenvalue weighted by Crippen LogP contribution is -2.49. The summed E-state index contributed by atoms with van der Waals surface area (Å²) >= 11 is 0. The molecule has 3 N–H and O–H groups in total. The molecule has 130 valence electrons. The molecule has 8 heteroatoms. The van der Waals surface area contributed by atoms with Gasteiger partial charge in [0, 0.05) is 44.8 Å². The largest absolute Gasteiger partial charge is 0.354 e. The number of carbonyl (C=O) groups is 2. The normalized spacial score (nSPS) is 17.5. The van der Waals surface area contributed by atoms with Crippen molar-refractivity contribution in [2.45, 2.75) is 38.6 Å². The van der Waals surface area contributed by atoms with Gasteiger partial charge in [-0.3, -0.25) is 14.3 Å². The van der Waals surface area contributed by atoms with E-state index in [4.69, 9.17) is 5.73 Å². The van der Waals surface area contributed by atoms with Gasteiger partial charge < -0.3 is 16.0 Å². The van der Waals surface area contributed by atoms with E-state index in [0.717, 1.165) is 31.5 Å². The van der Waals surface area contributed by atoms with Crippen molar-refractivity contribution in [1.82, 2.24) is 20.0 Å². The molecule has 2 heterocycles. The highest BCUT2D eigenvalue weighted by atomic mass is 35.5. The minimum atomic E-state index is -0.0574. The van der Waals surface area contributed by atoms with Gasteiger partial charge in [0.05, 0.1) is 11.8 Å². The summed E-state index contributed by atoms with van der Waals surface area (Å²) in [7, 11) is 1.83. The van der Waals surface area contributed by atoms with Gasteiger partial charge in [-0.15, -0.1) is 12.4 Å². The summed E-state index contributed by atoms with van der Waals surface area (Å²) in [6, 6.07) is 0.0441. The van der Waals surface area contributed by atoms with Gasteiger partial charge in [0.2, 0.25) is 5.91 Å². The fourth-order valence-corrected chi connectivity index (χ4v) is 2.79. The Hall–Kier alpha value is -1.60. The van der Waals surface area contributed by atoms with Crippen LogP contribution in [0.3, 0.4) is 0 Å². The molecular formula is C15H26ClN5O2. The van der Waals surface area contributed by atoms with Gasteiger partial charge >= 0.3 is 0 Å². The summed E-state index contributed by atoms with van der Waals surface area (Å²) in [5.41, 5.74) is 6.88. The number of hydrogen-bond donors (Lipinski definition) is 2. The third kappa shape index (κ3) is 4.68. The van der Waals surface area contributed by atoms with Crippen LogP contribution in [0.5, 0.6) is 0 Å². The number of hydrogen-bond acceptors (Lipinski definition) is 4. The number of rotatable bonds is 5. The highest BCUT2D eigenvalue weighted by Crippen LogP contribution is 2.20. The van der Waals surface area contributed by atoms with Crippen LogP contribution >= 0.6 is 12.4 Å². The van der Waals surface area contributed by atoms with Crippen LogP contribution in [0, 0.1) is 6.92 Å². The molecule has 1 unspecified atom stereocenters. The topological polar surface area (TPSA) is 93.2 Å². The van der Waals surface area contributed by atoms with Crippen molar-refractivity contribution in [3.05, 3.63) is 17.5 Å². The average molecular weight is 344 g/mol. The van der Waals surface area contributed by atoms with E-state index >= 15 is 0 Å². The maximum Gasteiger partial charge on any atom is 0.257 e. The molecule has 1 atom stereocenters. The van der Waals surface area contributed by atoms with Crippen molar-refractivity contribution < 1.29 is 9.59 Å². The predicted octanol–water partition coefficient (Wildman–Crippen LogP) is 0.610. The molecule has 1 saturated heterocycles. The van der Waals surface area contributed by atoms with Gasteiger partial charge in [-0.25, -0.2) is 0 Å². The number of likely N-dealkylation sites (tertiary alicyclic amines) is 1. The summed E-state index contributed by atoms with van der Waals surface area (Å²) in [5, 5.41) is 7.02. The van der Waals surface area contributed by atoms with Gasteiger partial charge in [0.25, 0.3) is 5.91 Å². The molecule has 1 aliphatic rings. The fraction of sp³-hybridized carbons (Fsp3) is 0.667. The zero-order valence-corrected chi connectivity index (χ0v) is 14.6. The van der Waals surface area contributed by atoms with Crippen molar-refractivity contribution in [3.8, 4) is 0 Å². The Labute approximate surface area is 143 Å². The van der Waals surface area contributed by atoms with E-state index in [1.807, 2.05) is 18.9 Å². The molecule has 0 spiro atoms. The first-order valence-corrected chi connectivity index (χ1v) is 7.81. The maximum absolute atomic E-state index is 12.8. The van der Waals surface area contributed by atoms with Crippen molar-refractivity contribution in [2.75, 3.05) is 19.6 Å². The van der Waals surface area contributed by atoms with Crippen LogP contribution in [0.15, 0.2) is 6.20 Å². The molecule has 7 nitrogen and oxygen atoms in total. The number of piperidine rings is 1. The lowest BCUT2D eigenvalue weighted by atomic mass is 10.0. The molecule has 0 bridgehead atoms. The number of amides is 2. The highest BCUT2D eigenvalue weighted by Gasteiger charge is 2.29. The zero-order valence-electron chi connectivity index (χ0n) is 13.7. The molecular weight excluding hydrogens is 318 g/mol. The van der Waals surface area contributed by atoms with Crippen molar-refractivity contribution in [2.24, 2.45) is 12.8 Å². The SMILES string of the molecule is Cc1c(C(=O)N2CCCCC2CNC(=O)CCN)cnn1C.Cl. The number of nitrogens with zero attached hydrogens (tertiary/aromatic N) is 3. The molecule has 0 saturated carbocycles. The van der Waals surface area contributed by atoms with Crippen LogP contribution in [0.2, 0.25) is 0 Å². The second-order valence-corrected chi connectivity index (χ2v) is 5.76. The fourth-order valence-electron chi connectivity index (χ4n) is 2.79. The smallest absolute Gasteiger partial charge is 0.257 e. The van der Waals surface area contributed by atoms with E-state index < -0.39 is 0 Å². The van der Waals surface area contributed by atoms with E-state index in [9.17, 15) is 9.59 Å². The van der Waals surface area contributed by atoms with Gasteiger partial charge in [-0.05, 0) is 26.2 Å². The minimum absolute atomic E-state index is 0. The quantitative estimate of drug-likeness (QED) is 0.819. The molecule has 1 aromatic rings. The second kappa shape index (κ2) is 8.88. The van der Waals surface area contributed by atoms with E-state index in [2.05, 4.69) is 10.4 Å². The van der Waals surface area contributed by atoms with Gasteiger partial charge in [0.15, 0.2) is 0 Å². The van der Waals surface area contributed by atoms with Crippen molar-refractivity contribution >= 4 is 24.2 Å². The van der Waals surface area contributed by atoms with Crippen LogP contribution in [0.25, 0.3) is 0 Å². The first-order valence-electron chi connectivity index (χ1n) is 7.81. The molecule has 0 aliphatic carbocycles. The third-order valence-electron chi connectivity index (χ3n) is 4.26. The van der Waals surface area contributed by atoms with Gasteiger partial charge in [-0.2, -0.15) is 5.10 Å². The Morgan fingerprint density at radius 2 is 2.17 bits per heavy atom. The molecule has 1 aliphatic heterocycles. The molecule has 23 heavy (non-hydrogen) atoms. The first kappa shape index (κ1) is 19.4. The number of carbonyl (C=O) groups excluding carboxylic acids is 2. The zero-order chi connectivity index (χ0) is 16.1. The van der Waals surface area contributed by atoms with Crippen LogP contribution in [-0.2, 0) is 11.8 Å². The predicted molar refractivity (Wildman–Crippen MR) is 90.5 cm³/mol. The van der Waals surface area contributed by atoms with E-state index in [0.29, 0.717) is 25.1 Å². The van der Waals surface area contributed by atoms with Crippen LogP contribution in [0.1, 0.15) is 41.7 Å². The molecule has 1 fully saturated rings. The molecule has 0 radical (unpaired) electrons. The van der Waals surface area contributed by atoms with Gasteiger partial charge in [0.1, 0.15) is 0 Å². The lowest BCUT2D eigenvalue weighted by Gasteiger charge is -2.35. The number of halogens is 1. The summed E-state index contributed by atoms with van der Waals surface area (Å²) in [5.74, 6) is -0.0543. The van der Waals surface area contributed by atoms with Crippen LogP contribution in [-0.4, -0.2) is 52.2 Å². The highest BCUT2D eigenvalue weighted by molar-refractivity contribution is 5.95. The Bertz CT molecular complexity index is 546. The third-order valence-corrected chi connectivity index (χ3v) is 4.26. The second-order valence-electron chi connectivity index (χ2n) is 5.76. The summed E-state index contributed by atoms with van der Waals surface area (Å²) in [4.78, 5) is 26.2. The summed E-state index contributed by atoms with van der Waals surface area (Å²) < 4.78 is 1.70. The number of nitrogens with one attached hydrogen (secondary N) is 1. The Balaban J connectivity index is 0.00000264. The van der Waals surface area contributed by atoms with E-state index in [1.54, 1.807) is 10.9 Å². The summed E-state index contributed by atoms with van der Waals surface area (Å²) in [6.45, 7) is 3.45. The molecule has 2 rings (SSSR count). The Kier molecular flexibility index (Phi) is 7.51. The van der Waals surface area contributed by atoms with Crippen molar-refractivity contribution in [1.29, 1.82) is 0 Å². The number of aryl methyl sites for hydroxylation is 1. The van der Waals surface area contributed by atoms with E-state index in [-0.39, 0.29) is 30.3 Å². The molecule has 1 aromatic heterocycles. The van der Waals surface area contributed by atoms with Crippen LogP contribution in [0.4, 0.5) is 0 Å². The molecule has 0 aromatic carbocycles. The maximum atomic E-state index is 12.8. The van der Waals surface area contributed by atoms with E-state index in [1.165, 1.54) is 0 Å². The number of nitrogens with two attached hydrogens (primary N) is 1.